The van der Waals surface area contributed by atoms with Crippen molar-refractivity contribution in [2.75, 3.05) is 19.6 Å². The van der Waals surface area contributed by atoms with Crippen LogP contribution in [0.2, 0.25) is 0 Å². The first-order valence-corrected chi connectivity index (χ1v) is 12.3. The number of nitrogens with zero attached hydrogens (tertiary/aromatic N) is 2. The fourth-order valence-electron chi connectivity index (χ4n) is 3.98. The van der Waals surface area contributed by atoms with Gasteiger partial charge in [-0.15, -0.1) is 0 Å². The Labute approximate surface area is 184 Å². The highest BCUT2D eigenvalue weighted by atomic mass is 32.2. The third kappa shape index (κ3) is 5.52. The third-order valence-electron chi connectivity index (χ3n) is 5.94. The van der Waals surface area contributed by atoms with E-state index in [0.717, 1.165) is 11.1 Å². The van der Waals surface area contributed by atoms with Crippen molar-refractivity contribution < 1.29 is 17.6 Å². The second kappa shape index (κ2) is 9.92. The van der Waals surface area contributed by atoms with E-state index in [1.165, 1.54) is 16.4 Å². The number of sulfonamides is 1. The molecule has 1 fully saturated rings. The van der Waals surface area contributed by atoms with Gasteiger partial charge in [-0.2, -0.15) is 4.31 Å². The lowest BCUT2D eigenvalue weighted by Gasteiger charge is -2.33. The van der Waals surface area contributed by atoms with Crippen molar-refractivity contribution in [1.29, 1.82) is 0 Å². The molecule has 0 saturated carbocycles. The monoisotopic (exact) mass is 446 g/mol. The first kappa shape index (κ1) is 23.4. The Bertz CT molecular complexity index is 998. The zero-order valence-corrected chi connectivity index (χ0v) is 19.2. The predicted molar refractivity (Wildman–Crippen MR) is 120 cm³/mol. The Morgan fingerprint density at radius 3 is 2.32 bits per heavy atom. The molecule has 1 aliphatic rings. The molecule has 0 aliphatic carbocycles. The zero-order valence-electron chi connectivity index (χ0n) is 18.4. The van der Waals surface area contributed by atoms with E-state index < -0.39 is 10.0 Å². The van der Waals surface area contributed by atoms with E-state index in [-0.39, 0.29) is 17.6 Å². The largest absolute Gasteiger partial charge is 0.338 e. The lowest BCUT2D eigenvalue weighted by molar-refractivity contribution is -0.137. The van der Waals surface area contributed by atoms with E-state index >= 15 is 0 Å². The van der Waals surface area contributed by atoms with Crippen molar-refractivity contribution in [2.24, 2.45) is 5.92 Å². The second-order valence-corrected chi connectivity index (χ2v) is 10.3. The quantitative estimate of drug-likeness (QED) is 0.634. The Morgan fingerprint density at radius 2 is 1.77 bits per heavy atom. The molecule has 5 nitrogen and oxygen atoms in total. The summed E-state index contributed by atoms with van der Waals surface area (Å²) in [5.41, 5.74) is 1.85. The van der Waals surface area contributed by atoms with Crippen molar-refractivity contribution in [3.05, 3.63) is 65.5 Å². The SMILES string of the molecule is CCN(Cc1cccc(F)c1)C(=O)C1CCN(S(=O)(=O)c2ccc(C(C)C)cc2)CC1. The summed E-state index contributed by atoms with van der Waals surface area (Å²) in [6.07, 6.45) is 0.976. The number of carbonyl (C=O) groups excluding carboxylic acids is 1. The van der Waals surface area contributed by atoms with E-state index in [1.54, 1.807) is 29.2 Å². The van der Waals surface area contributed by atoms with Crippen molar-refractivity contribution in [3.8, 4) is 0 Å². The van der Waals surface area contributed by atoms with Gasteiger partial charge in [0.15, 0.2) is 0 Å². The maximum absolute atomic E-state index is 13.5. The Balaban J connectivity index is 1.62. The molecule has 1 aliphatic heterocycles. The van der Waals surface area contributed by atoms with Gasteiger partial charge in [0, 0.05) is 32.1 Å². The van der Waals surface area contributed by atoms with Crippen LogP contribution in [0, 0.1) is 11.7 Å². The van der Waals surface area contributed by atoms with E-state index in [1.807, 2.05) is 19.1 Å². The summed E-state index contributed by atoms with van der Waals surface area (Å²) >= 11 is 0. The van der Waals surface area contributed by atoms with Crippen LogP contribution in [0.1, 0.15) is 50.7 Å². The van der Waals surface area contributed by atoms with Gasteiger partial charge in [-0.05, 0) is 61.1 Å². The standard InChI is InChI=1S/C24H31FN2O3S/c1-4-26(17-19-6-5-7-22(25)16-19)24(28)21-12-14-27(15-13-21)31(29,30)23-10-8-20(9-11-23)18(2)3/h5-11,16,18,21H,4,12-15,17H2,1-3H3. The molecule has 3 rings (SSSR count). The highest BCUT2D eigenvalue weighted by Crippen LogP contribution is 2.26. The van der Waals surface area contributed by atoms with Crippen LogP contribution in [-0.4, -0.2) is 43.2 Å². The molecular weight excluding hydrogens is 415 g/mol. The topological polar surface area (TPSA) is 57.7 Å². The zero-order chi connectivity index (χ0) is 22.6. The van der Waals surface area contributed by atoms with Crippen LogP contribution in [0.3, 0.4) is 0 Å². The summed E-state index contributed by atoms with van der Waals surface area (Å²) in [7, 11) is -3.57. The van der Waals surface area contributed by atoms with E-state index in [9.17, 15) is 17.6 Å². The van der Waals surface area contributed by atoms with Crippen LogP contribution in [0.25, 0.3) is 0 Å². The van der Waals surface area contributed by atoms with Gasteiger partial charge >= 0.3 is 0 Å². The molecule has 7 heteroatoms. The number of hydrogen-bond donors (Lipinski definition) is 0. The molecule has 1 saturated heterocycles. The van der Waals surface area contributed by atoms with Crippen LogP contribution >= 0.6 is 0 Å². The van der Waals surface area contributed by atoms with Crippen molar-refractivity contribution in [3.63, 3.8) is 0 Å². The van der Waals surface area contributed by atoms with E-state index in [2.05, 4.69) is 13.8 Å². The van der Waals surface area contributed by atoms with Crippen LogP contribution in [0.15, 0.2) is 53.4 Å². The summed E-state index contributed by atoms with van der Waals surface area (Å²) in [4.78, 5) is 15.0. The highest BCUT2D eigenvalue weighted by molar-refractivity contribution is 7.89. The molecule has 31 heavy (non-hydrogen) atoms. The Kier molecular flexibility index (Phi) is 7.49. The smallest absolute Gasteiger partial charge is 0.243 e. The minimum Gasteiger partial charge on any atom is -0.338 e. The van der Waals surface area contributed by atoms with Crippen LogP contribution < -0.4 is 0 Å². The van der Waals surface area contributed by atoms with E-state index in [0.29, 0.717) is 49.8 Å². The third-order valence-corrected chi connectivity index (χ3v) is 7.86. The van der Waals surface area contributed by atoms with Crippen LogP contribution in [0.5, 0.6) is 0 Å². The summed E-state index contributed by atoms with van der Waals surface area (Å²) < 4.78 is 41.0. The molecule has 2 aromatic rings. The first-order chi connectivity index (χ1) is 14.7. The molecule has 0 atom stereocenters. The van der Waals surface area contributed by atoms with Crippen molar-refractivity contribution >= 4 is 15.9 Å². The number of hydrogen-bond acceptors (Lipinski definition) is 3. The summed E-state index contributed by atoms with van der Waals surface area (Å²) in [5.74, 6) is -0.193. The molecule has 1 heterocycles. The maximum Gasteiger partial charge on any atom is 0.243 e. The molecule has 0 unspecified atom stereocenters. The summed E-state index contributed by atoms with van der Waals surface area (Å²) in [5, 5.41) is 0. The van der Waals surface area contributed by atoms with Gasteiger partial charge < -0.3 is 4.90 Å². The van der Waals surface area contributed by atoms with Gasteiger partial charge in [0.25, 0.3) is 0 Å². The number of amides is 1. The van der Waals surface area contributed by atoms with Gasteiger partial charge in [0.2, 0.25) is 15.9 Å². The van der Waals surface area contributed by atoms with Crippen LogP contribution in [-0.2, 0) is 21.4 Å². The normalized spacial score (nSPS) is 15.9. The first-order valence-electron chi connectivity index (χ1n) is 10.9. The van der Waals surface area contributed by atoms with E-state index in [4.69, 9.17) is 0 Å². The van der Waals surface area contributed by atoms with Crippen LogP contribution in [0.4, 0.5) is 4.39 Å². The fourth-order valence-corrected chi connectivity index (χ4v) is 5.45. The van der Waals surface area contributed by atoms with Gasteiger partial charge in [-0.25, -0.2) is 12.8 Å². The Hall–Kier alpha value is -2.25. The predicted octanol–water partition coefficient (Wildman–Crippen LogP) is 4.40. The molecule has 0 spiro atoms. The van der Waals surface area contributed by atoms with Gasteiger partial charge in [0.05, 0.1) is 4.90 Å². The number of carbonyl (C=O) groups is 1. The maximum atomic E-state index is 13.5. The molecular formula is C24H31FN2O3S. The summed E-state index contributed by atoms with van der Waals surface area (Å²) in [6, 6.07) is 13.3. The molecule has 0 radical (unpaired) electrons. The molecule has 0 aromatic heterocycles. The van der Waals surface area contributed by atoms with Crippen molar-refractivity contribution in [2.45, 2.75) is 51.0 Å². The fraction of sp³-hybridized carbons (Fsp3) is 0.458. The molecule has 0 N–H and O–H groups in total. The lowest BCUT2D eigenvalue weighted by Crippen LogP contribution is -2.44. The minimum absolute atomic E-state index is 0.00472. The molecule has 2 aromatic carbocycles. The average Bonchev–Trinajstić information content (AvgIpc) is 2.77. The molecule has 168 valence electrons. The number of benzene rings is 2. The number of piperidine rings is 1. The Morgan fingerprint density at radius 1 is 1.13 bits per heavy atom. The molecule has 1 amide bonds. The van der Waals surface area contributed by atoms with Gasteiger partial charge in [-0.1, -0.05) is 38.1 Å². The summed E-state index contributed by atoms with van der Waals surface area (Å²) in [6.45, 7) is 7.56. The van der Waals surface area contributed by atoms with Crippen molar-refractivity contribution in [1.82, 2.24) is 9.21 Å². The average molecular weight is 447 g/mol. The number of halogens is 1. The lowest BCUT2D eigenvalue weighted by atomic mass is 9.96. The number of rotatable bonds is 7. The molecule has 0 bridgehead atoms. The second-order valence-electron chi connectivity index (χ2n) is 8.38. The van der Waals surface area contributed by atoms with Gasteiger partial charge in [-0.3, -0.25) is 4.79 Å². The van der Waals surface area contributed by atoms with Gasteiger partial charge in [0.1, 0.15) is 5.82 Å². The minimum atomic E-state index is -3.57. The highest BCUT2D eigenvalue weighted by Gasteiger charge is 2.33.